The third-order valence-corrected chi connectivity index (χ3v) is 6.94. The van der Waals surface area contributed by atoms with E-state index in [2.05, 4.69) is 32.4 Å². The van der Waals surface area contributed by atoms with Crippen LogP contribution < -0.4 is 10.1 Å². The van der Waals surface area contributed by atoms with Gasteiger partial charge in [-0.1, -0.05) is 0 Å². The van der Waals surface area contributed by atoms with Crippen LogP contribution in [0.4, 0.5) is 10.3 Å². The Labute approximate surface area is 167 Å². The smallest absolute Gasteiger partial charge is 0.210 e. The molecule has 3 aromatic rings. The van der Waals surface area contributed by atoms with Crippen molar-refractivity contribution in [2.75, 3.05) is 32.1 Å². The number of nitrogens with zero attached hydrogens (tertiary/aromatic N) is 5. The van der Waals surface area contributed by atoms with Crippen LogP contribution in [-0.4, -0.2) is 51.2 Å². The molecule has 1 aromatic carbocycles. The first-order chi connectivity index (χ1) is 14.2. The van der Waals surface area contributed by atoms with Gasteiger partial charge in [0.2, 0.25) is 5.95 Å². The number of ether oxygens (including phenoxy) is 1. The maximum atomic E-state index is 14.4. The van der Waals surface area contributed by atoms with Crippen molar-refractivity contribution in [3.63, 3.8) is 0 Å². The van der Waals surface area contributed by atoms with Crippen LogP contribution in [0.15, 0.2) is 24.7 Å². The van der Waals surface area contributed by atoms with Gasteiger partial charge in [-0.3, -0.25) is 4.40 Å². The van der Waals surface area contributed by atoms with Crippen LogP contribution in [0.1, 0.15) is 29.5 Å². The zero-order valence-corrected chi connectivity index (χ0v) is 16.4. The van der Waals surface area contributed by atoms with E-state index in [0.717, 1.165) is 42.9 Å². The van der Waals surface area contributed by atoms with E-state index in [1.165, 1.54) is 18.1 Å². The number of rotatable bonds is 4. The van der Waals surface area contributed by atoms with Crippen molar-refractivity contribution in [3.05, 3.63) is 47.2 Å². The van der Waals surface area contributed by atoms with Crippen LogP contribution in [0.2, 0.25) is 0 Å². The second kappa shape index (κ2) is 6.13. The average Bonchev–Trinajstić information content (AvgIpc) is 3.07. The first-order valence-corrected chi connectivity index (χ1v) is 10.2. The minimum absolute atomic E-state index is 0.190. The first kappa shape index (κ1) is 17.1. The average molecular weight is 394 g/mol. The van der Waals surface area contributed by atoms with Gasteiger partial charge >= 0.3 is 0 Å². The molecular formula is C21H23FN6O. The summed E-state index contributed by atoms with van der Waals surface area (Å²) in [6.45, 7) is 3.17. The SMILES string of the molecule is CN1CC[C@]2(c3cnc(NCc4c(F)ccc5c4CCO5)n4cnnc34)CC2C1. The van der Waals surface area contributed by atoms with Gasteiger partial charge in [0.1, 0.15) is 17.9 Å². The molecule has 1 saturated carbocycles. The largest absolute Gasteiger partial charge is 0.493 e. The summed E-state index contributed by atoms with van der Waals surface area (Å²) < 4.78 is 21.9. The van der Waals surface area contributed by atoms with E-state index in [0.29, 0.717) is 30.6 Å². The predicted octanol–water partition coefficient (Wildman–Crippen LogP) is 2.40. The molecule has 1 unspecified atom stereocenters. The van der Waals surface area contributed by atoms with Gasteiger partial charge in [0.15, 0.2) is 5.65 Å². The van der Waals surface area contributed by atoms with Crippen LogP contribution in [0.5, 0.6) is 5.75 Å². The van der Waals surface area contributed by atoms with Gasteiger partial charge in [-0.05, 0) is 44.5 Å². The maximum Gasteiger partial charge on any atom is 0.210 e. The Morgan fingerprint density at radius 2 is 2.31 bits per heavy atom. The molecule has 4 heterocycles. The van der Waals surface area contributed by atoms with Gasteiger partial charge in [-0.15, -0.1) is 10.2 Å². The minimum Gasteiger partial charge on any atom is -0.493 e. The van der Waals surface area contributed by atoms with Crippen molar-refractivity contribution in [2.45, 2.75) is 31.2 Å². The van der Waals surface area contributed by atoms with Gasteiger partial charge < -0.3 is 15.0 Å². The summed E-state index contributed by atoms with van der Waals surface area (Å²) in [4.78, 5) is 7.09. The molecule has 0 radical (unpaired) electrons. The van der Waals surface area contributed by atoms with Gasteiger partial charge in [0, 0.05) is 47.8 Å². The molecule has 0 spiro atoms. The molecule has 2 aromatic heterocycles. The minimum atomic E-state index is -0.218. The fourth-order valence-electron chi connectivity index (χ4n) is 5.22. The Kier molecular flexibility index (Phi) is 3.62. The molecule has 2 fully saturated rings. The Balaban J connectivity index is 1.31. The lowest BCUT2D eigenvalue weighted by molar-refractivity contribution is 0.248. The summed E-state index contributed by atoms with van der Waals surface area (Å²) in [6.07, 6.45) is 6.69. The number of hydrogen-bond donors (Lipinski definition) is 1. The van der Waals surface area contributed by atoms with Crippen molar-refractivity contribution in [2.24, 2.45) is 5.92 Å². The Hall–Kier alpha value is -2.74. The molecule has 1 saturated heterocycles. The Morgan fingerprint density at radius 1 is 1.38 bits per heavy atom. The number of anilines is 1. The number of hydrogen-bond acceptors (Lipinski definition) is 6. The first-order valence-electron chi connectivity index (χ1n) is 10.2. The second-order valence-corrected chi connectivity index (χ2v) is 8.54. The summed E-state index contributed by atoms with van der Waals surface area (Å²) in [6, 6.07) is 3.18. The summed E-state index contributed by atoms with van der Waals surface area (Å²) in [5, 5.41) is 11.8. The summed E-state index contributed by atoms with van der Waals surface area (Å²) >= 11 is 0. The van der Waals surface area contributed by atoms with E-state index in [1.54, 1.807) is 12.4 Å². The number of likely N-dealkylation sites (tertiary alicyclic amines) is 1. The highest BCUT2D eigenvalue weighted by Gasteiger charge is 2.58. The fourth-order valence-corrected chi connectivity index (χ4v) is 5.22. The van der Waals surface area contributed by atoms with Crippen molar-refractivity contribution in [1.82, 2.24) is 24.5 Å². The highest BCUT2D eigenvalue weighted by Crippen LogP contribution is 2.59. The number of benzene rings is 1. The van der Waals surface area contributed by atoms with Crippen LogP contribution in [0.25, 0.3) is 5.65 Å². The summed E-state index contributed by atoms with van der Waals surface area (Å²) in [7, 11) is 2.19. The molecule has 0 amide bonds. The number of aromatic nitrogens is 4. The maximum absolute atomic E-state index is 14.4. The Bertz CT molecular complexity index is 1110. The molecule has 7 nitrogen and oxygen atoms in total. The molecule has 0 bridgehead atoms. The normalized spacial score (nSPS) is 25.5. The monoisotopic (exact) mass is 394 g/mol. The third-order valence-electron chi connectivity index (χ3n) is 6.94. The van der Waals surface area contributed by atoms with Crippen molar-refractivity contribution in [1.29, 1.82) is 0 Å². The second-order valence-electron chi connectivity index (χ2n) is 8.54. The zero-order valence-electron chi connectivity index (χ0n) is 16.4. The van der Waals surface area contributed by atoms with Crippen LogP contribution >= 0.6 is 0 Å². The number of piperidine rings is 1. The quantitative estimate of drug-likeness (QED) is 0.733. The van der Waals surface area contributed by atoms with E-state index in [-0.39, 0.29) is 11.2 Å². The summed E-state index contributed by atoms with van der Waals surface area (Å²) in [5.74, 6) is 1.86. The van der Waals surface area contributed by atoms with Crippen LogP contribution in [-0.2, 0) is 18.4 Å². The van der Waals surface area contributed by atoms with E-state index in [4.69, 9.17) is 4.74 Å². The van der Waals surface area contributed by atoms with Crippen LogP contribution in [0, 0.1) is 11.7 Å². The molecule has 150 valence electrons. The molecule has 2 atom stereocenters. The van der Waals surface area contributed by atoms with Gasteiger partial charge in [-0.25, -0.2) is 9.37 Å². The fraction of sp³-hybridized carbons (Fsp3) is 0.476. The number of fused-ring (bicyclic) bond motifs is 3. The topological polar surface area (TPSA) is 67.6 Å². The molecule has 6 rings (SSSR count). The Morgan fingerprint density at radius 3 is 3.21 bits per heavy atom. The lowest BCUT2D eigenvalue weighted by Crippen LogP contribution is -2.33. The highest BCUT2D eigenvalue weighted by atomic mass is 19.1. The zero-order chi connectivity index (χ0) is 19.6. The molecule has 8 heteroatoms. The van der Waals surface area contributed by atoms with Gasteiger partial charge in [-0.2, -0.15) is 0 Å². The molecule has 1 aliphatic carbocycles. The number of nitrogens with one attached hydrogen (secondary N) is 1. The molecule has 29 heavy (non-hydrogen) atoms. The van der Waals surface area contributed by atoms with E-state index >= 15 is 0 Å². The standard InChI is InChI=1S/C21H23FN6O/c1-27-6-5-21(8-13(21)11-27)16-10-24-20(28-12-25-26-19(16)28)23-9-15-14-4-7-29-18(14)3-2-17(15)22/h2-3,10,12-13H,4-9,11H2,1H3,(H,23,24)/t13?,21-/m0/s1. The van der Waals surface area contributed by atoms with Crippen molar-refractivity contribution < 1.29 is 9.13 Å². The summed E-state index contributed by atoms with van der Waals surface area (Å²) in [5.41, 5.74) is 3.83. The number of halogens is 1. The van der Waals surface area contributed by atoms with Crippen molar-refractivity contribution >= 4 is 11.6 Å². The predicted molar refractivity (Wildman–Crippen MR) is 106 cm³/mol. The van der Waals surface area contributed by atoms with E-state index in [9.17, 15) is 4.39 Å². The highest BCUT2D eigenvalue weighted by molar-refractivity contribution is 5.57. The molecule has 2 aliphatic heterocycles. The van der Waals surface area contributed by atoms with Gasteiger partial charge in [0.05, 0.1) is 6.61 Å². The van der Waals surface area contributed by atoms with Gasteiger partial charge in [0.25, 0.3) is 0 Å². The lowest BCUT2D eigenvalue weighted by atomic mass is 9.89. The van der Waals surface area contributed by atoms with E-state index < -0.39 is 0 Å². The third kappa shape index (κ3) is 2.55. The van der Waals surface area contributed by atoms with E-state index in [1.807, 2.05) is 10.6 Å². The van der Waals surface area contributed by atoms with Crippen molar-refractivity contribution in [3.8, 4) is 5.75 Å². The molecular weight excluding hydrogens is 371 g/mol. The lowest BCUT2D eigenvalue weighted by Gasteiger charge is -2.29. The van der Waals surface area contributed by atoms with Crippen LogP contribution in [0.3, 0.4) is 0 Å². The molecule has 1 N–H and O–H groups in total. The molecule has 3 aliphatic rings.